The second-order valence-corrected chi connectivity index (χ2v) is 8.47. The van der Waals surface area contributed by atoms with Crippen LogP contribution in [0.3, 0.4) is 0 Å². The van der Waals surface area contributed by atoms with Gasteiger partial charge in [0.05, 0.1) is 39.0 Å². The summed E-state index contributed by atoms with van der Waals surface area (Å²) in [5.74, 6) is 0.741. The molecule has 0 bridgehead atoms. The number of ether oxygens (including phenoxy) is 5. The van der Waals surface area contributed by atoms with Crippen molar-refractivity contribution in [3.05, 3.63) is 102 Å². The van der Waals surface area contributed by atoms with E-state index in [4.69, 9.17) is 23.7 Å². The molecule has 0 amide bonds. The molecule has 4 atom stereocenters. The van der Waals surface area contributed by atoms with Crippen molar-refractivity contribution >= 4 is 0 Å². The lowest BCUT2D eigenvalue weighted by Gasteiger charge is -2.25. The Hall–Kier alpha value is -2.78. The Morgan fingerprint density at radius 2 is 1.37 bits per heavy atom. The number of methoxy groups -OCH3 is 2. The molecule has 7 heteroatoms. The number of hydrogen-bond acceptors (Lipinski definition) is 7. The van der Waals surface area contributed by atoms with E-state index in [1.807, 2.05) is 84.9 Å². The number of rotatable bonds is 12. The molecule has 4 rings (SSSR count). The molecule has 1 aliphatic heterocycles. The first-order valence-electron chi connectivity index (χ1n) is 11.7. The molecular formula is C28H33NO6. The molecule has 35 heavy (non-hydrogen) atoms. The van der Waals surface area contributed by atoms with Gasteiger partial charge in [-0.3, -0.25) is 0 Å². The molecule has 186 valence electrons. The molecule has 0 aliphatic carbocycles. The van der Waals surface area contributed by atoms with Crippen LogP contribution in [0.5, 0.6) is 5.75 Å². The SMILES string of the molecule is COCO[C@H]1[C@H](OCc2ccccc2)[C@@H](COCc2ccccc2)N(O)[C@@H]1c1ccc(OC)cc1. The van der Waals surface area contributed by atoms with Gasteiger partial charge in [-0.05, 0) is 28.8 Å². The molecule has 0 unspecified atom stereocenters. The fourth-order valence-electron chi connectivity index (χ4n) is 4.40. The number of hydroxylamine groups is 2. The summed E-state index contributed by atoms with van der Waals surface area (Å²) < 4.78 is 29.1. The zero-order chi connectivity index (χ0) is 24.5. The van der Waals surface area contributed by atoms with Crippen molar-refractivity contribution in [1.82, 2.24) is 5.06 Å². The van der Waals surface area contributed by atoms with Gasteiger partial charge in [0, 0.05) is 7.11 Å². The van der Waals surface area contributed by atoms with E-state index in [0.717, 1.165) is 22.4 Å². The van der Waals surface area contributed by atoms with Crippen LogP contribution in [0.4, 0.5) is 0 Å². The van der Waals surface area contributed by atoms with E-state index in [1.54, 1.807) is 14.2 Å². The summed E-state index contributed by atoms with van der Waals surface area (Å²) >= 11 is 0. The third-order valence-electron chi connectivity index (χ3n) is 6.16. The van der Waals surface area contributed by atoms with Crippen LogP contribution >= 0.6 is 0 Å². The predicted molar refractivity (Wildman–Crippen MR) is 131 cm³/mol. The van der Waals surface area contributed by atoms with Crippen molar-refractivity contribution in [2.24, 2.45) is 0 Å². The minimum absolute atomic E-state index is 0.0773. The fourth-order valence-corrected chi connectivity index (χ4v) is 4.40. The average Bonchev–Trinajstić information content (AvgIpc) is 3.17. The summed E-state index contributed by atoms with van der Waals surface area (Å²) in [5, 5.41) is 12.7. The van der Waals surface area contributed by atoms with Gasteiger partial charge in [-0.25, -0.2) is 0 Å². The zero-order valence-corrected chi connectivity index (χ0v) is 20.2. The largest absolute Gasteiger partial charge is 0.497 e. The second kappa shape index (κ2) is 12.8. The van der Waals surface area contributed by atoms with Gasteiger partial charge >= 0.3 is 0 Å². The third-order valence-corrected chi connectivity index (χ3v) is 6.16. The van der Waals surface area contributed by atoms with Crippen molar-refractivity contribution in [3.63, 3.8) is 0 Å². The van der Waals surface area contributed by atoms with Crippen molar-refractivity contribution < 1.29 is 28.9 Å². The highest BCUT2D eigenvalue weighted by atomic mass is 16.7. The third kappa shape index (κ3) is 6.46. The van der Waals surface area contributed by atoms with Gasteiger partial charge in [0.1, 0.15) is 24.8 Å². The number of nitrogens with zero attached hydrogens (tertiary/aromatic N) is 1. The highest BCUT2D eigenvalue weighted by molar-refractivity contribution is 5.31. The summed E-state index contributed by atoms with van der Waals surface area (Å²) in [6.07, 6.45) is -0.944. The van der Waals surface area contributed by atoms with Gasteiger partial charge in [0.15, 0.2) is 0 Å². The molecule has 1 aliphatic rings. The Balaban J connectivity index is 1.57. The van der Waals surface area contributed by atoms with E-state index >= 15 is 0 Å². The Labute approximate surface area is 206 Å². The zero-order valence-electron chi connectivity index (χ0n) is 20.2. The minimum atomic E-state index is -0.484. The first-order valence-corrected chi connectivity index (χ1v) is 11.7. The van der Waals surface area contributed by atoms with Crippen molar-refractivity contribution in [1.29, 1.82) is 0 Å². The Morgan fingerprint density at radius 1 is 0.743 bits per heavy atom. The molecule has 1 N–H and O–H groups in total. The van der Waals surface area contributed by atoms with Gasteiger partial charge in [-0.1, -0.05) is 72.8 Å². The minimum Gasteiger partial charge on any atom is -0.497 e. The van der Waals surface area contributed by atoms with Crippen LogP contribution in [0, 0.1) is 0 Å². The van der Waals surface area contributed by atoms with Crippen molar-refractivity contribution in [3.8, 4) is 5.75 Å². The Bertz CT molecular complexity index is 1000. The second-order valence-electron chi connectivity index (χ2n) is 8.47. The van der Waals surface area contributed by atoms with Gasteiger partial charge in [-0.15, -0.1) is 0 Å². The van der Waals surface area contributed by atoms with E-state index in [1.165, 1.54) is 5.06 Å². The van der Waals surface area contributed by atoms with Gasteiger partial charge in [0.2, 0.25) is 0 Å². The van der Waals surface area contributed by atoms with E-state index < -0.39 is 24.3 Å². The average molecular weight is 480 g/mol. The summed E-state index contributed by atoms with van der Waals surface area (Å²) in [7, 11) is 3.20. The van der Waals surface area contributed by atoms with Gasteiger partial charge in [-0.2, -0.15) is 5.06 Å². The first-order chi connectivity index (χ1) is 17.2. The maximum atomic E-state index is 11.4. The number of benzene rings is 3. The maximum Gasteiger partial charge on any atom is 0.146 e. The van der Waals surface area contributed by atoms with E-state index in [2.05, 4.69) is 0 Å². The van der Waals surface area contributed by atoms with E-state index in [9.17, 15) is 5.21 Å². The van der Waals surface area contributed by atoms with E-state index in [-0.39, 0.29) is 13.4 Å². The van der Waals surface area contributed by atoms with Crippen molar-refractivity contribution in [2.45, 2.75) is 37.5 Å². The van der Waals surface area contributed by atoms with Gasteiger partial charge < -0.3 is 28.9 Å². The van der Waals surface area contributed by atoms with Crippen LogP contribution in [0.25, 0.3) is 0 Å². The van der Waals surface area contributed by atoms with Crippen LogP contribution in [0.15, 0.2) is 84.9 Å². The molecular weight excluding hydrogens is 446 g/mol. The molecule has 1 saturated heterocycles. The molecule has 0 saturated carbocycles. The molecule has 0 aromatic heterocycles. The smallest absolute Gasteiger partial charge is 0.146 e. The monoisotopic (exact) mass is 479 g/mol. The number of hydrogen-bond donors (Lipinski definition) is 1. The summed E-state index contributed by atoms with van der Waals surface area (Å²) in [4.78, 5) is 0. The van der Waals surface area contributed by atoms with Crippen LogP contribution < -0.4 is 4.74 Å². The quantitative estimate of drug-likeness (QED) is 0.381. The summed E-state index contributed by atoms with van der Waals surface area (Å²) in [5.41, 5.74) is 2.99. The van der Waals surface area contributed by atoms with Crippen LogP contribution in [0.2, 0.25) is 0 Å². The maximum absolute atomic E-state index is 11.4. The fraction of sp³-hybridized carbons (Fsp3) is 0.357. The molecule has 1 fully saturated rings. The molecule has 0 spiro atoms. The van der Waals surface area contributed by atoms with Crippen LogP contribution in [-0.4, -0.2) is 56.1 Å². The molecule has 7 nitrogen and oxygen atoms in total. The lowest BCUT2D eigenvalue weighted by Crippen LogP contribution is -2.40. The highest BCUT2D eigenvalue weighted by Gasteiger charge is 2.51. The molecule has 1 heterocycles. The Kier molecular flexibility index (Phi) is 9.25. The molecule has 0 radical (unpaired) electrons. The lowest BCUT2D eigenvalue weighted by atomic mass is 10.0. The van der Waals surface area contributed by atoms with E-state index in [0.29, 0.717) is 13.2 Å². The lowest BCUT2D eigenvalue weighted by molar-refractivity contribution is -0.169. The first kappa shape index (κ1) is 25.3. The molecule has 3 aromatic carbocycles. The predicted octanol–water partition coefficient (Wildman–Crippen LogP) is 4.60. The normalized spacial score (nSPS) is 22.4. The topological polar surface area (TPSA) is 69.6 Å². The van der Waals surface area contributed by atoms with Gasteiger partial charge in [0.25, 0.3) is 0 Å². The highest BCUT2D eigenvalue weighted by Crippen LogP contribution is 2.40. The summed E-state index contributed by atoms with van der Waals surface area (Å²) in [6, 6.07) is 26.6. The van der Waals surface area contributed by atoms with Crippen molar-refractivity contribution in [2.75, 3.05) is 27.6 Å². The van der Waals surface area contributed by atoms with Crippen LogP contribution in [0.1, 0.15) is 22.7 Å². The Morgan fingerprint density at radius 3 is 1.97 bits per heavy atom. The standard InChI is InChI=1S/C28H33NO6/c1-31-20-35-28-26(23-13-15-24(32-2)16-14-23)29(30)25(19-33-17-21-9-5-3-6-10-21)27(28)34-18-22-11-7-4-8-12-22/h3-16,25-28,30H,17-20H2,1-2H3/t25-,26-,27-,28-/m1/s1. The molecule has 3 aromatic rings. The summed E-state index contributed by atoms with van der Waals surface area (Å²) in [6.45, 7) is 1.17. The van der Waals surface area contributed by atoms with Crippen LogP contribution in [-0.2, 0) is 32.2 Å².